The highest BCUT2D eigenvalue weighted by atomic mass is 79.9. The monoisotopic (exact) mass is 543 g/mol. The van der Waals surface area contributed by atoms with Gasteiger partial charge in [-0.3, -0.25) is 4.79 Å². The van der Waals surface area contributed by atoms with Gasteiger partial charge >= 0.3 is 11.6 Å². The smallest absolute Gasteiger partial charge is 0.340 e. The molecule has 34 heavy (non-hydrogen) atoms. The van der Waals surface area contributed by atoms with Gasteiger partial charge in [0.15, 0.2) is 0 Å². The van der Waals surface area contributed by atoms with Gasteiger partial charge in [-0.15, -0.1) is 0 Å². The summed E-state index contributed by atoms with van der Waals surface area (Å²) in [5.74, 6) is -1.05. The molecule has 0 spiro atoms. The molecule has 0 aliphatic carbocycles. The van der Waals surface area contributed by atoms with Crippen molar-refractivity contribution >= 4 is 61.5 Å². The Morgan fingerprint density at radius 2 is 1.88 bits per heavy atom. The van der Waals surface area contributed by atoms with Crippen LogP contribution in [-0.4, -0.2) is 35.0 Å². The van der Waals surface area contributed by atoms with E-state index in [1.54, 1.807) is 19.3 Å². The maximum absolute atomic E-state index is 12.7. The van der Waals surface area contributed by atoms with Crippen molar-refractivity contribution in [3.05, 3.63) is 68.7 Å². The number of carboxylic acid groups (broad SMARTS) is 1. The molecule has 2 aromatic heterocycles. The summed E-state index contributed by atoms with van der Waals surface area (Å²) >= 11 is 4.93. The van der Waals surface area contributed by atoms with Gasteiger partial charge in [-0.2, -0.15) is 11.8 Å². The van der Waals surface area contributed by atoms with Gasteiger partial charge < -0.3 is 19.3 Å². The lowest BCUT2D eigenvalue weighted by atomic mass is 9.99. The molecule has 1 amide bonds. The van der Waals surface area contributed by atoms with E-state index in [2.05, 4.69) is 21.2 Å². The molecule has 0 aliphatic heterocycles. The van der Waals surface area contributed by atoms with Gasteiger partial charge in [-0.1, -0.05) is 28.1 Å². The standard InChI is InChI=1S/C25H22BrNO6S/c1-13-16-9-18-19(14-3-5-15(26)6-4-14)12-32-21(18)11-22(16)33-25(31)17(13)10-23(28)27-20(24(29)30)7-8-34-2/h3-6,9,11-12,20H,7-8,10H2,1-2H3,(H,27,28)(H,29,30)/t20-/m0/s1. The van der Waals surface area contributed by atoms with Crippen LogP contribution in [0.2, 0.25) is 0 Å². The maximum atomic E-state index is 12.7. The van der Waals surface area contributed by atoms with Crippen LogP contribution >= 0.6 is 27.7 Å². The number of carbonyl (C=O) groups is 2. The summed E-state index contributed by atoms with van der Waals surface area (Å²) in [6.45, 7) is 1.76. The number of hydrogen-bond donors (Lipinski definition) is 2. The minimum atomic E-state index is -1.10. The van der Waals surface area contributed by atoms with Crippen LogP contribution in [0.15, 0.2) is 60.8 Å². The highest BCUT2D eigenvalue weighted by molar-refractivity contribution is 9.10. The zero-order valence-electron chi connectivity index (χ0n) is 18.5. The molecule has 0 radical (unpaired) electrons. The largest absolute Gasteiger partial charge is 0.480 e. The first-order valence-electron chi connectivity index (χ1n) is 10.5. The predicted molar refractivity (Wildman–Crippen MR) is 136 cm³/mol. The minimum Gasteiger partial charge on any atom is -0.480 e. The number of aliphatic carboxylic acids is 1. The number of rotatable bonds is 8. The fraction of sp³-hybridized carbons (Fsp3) is 0.240. The number of furan rings is 1. The third kappa shape index (κ3) is 4.90. The molecule has 0 saturated carbocycles. The molecular formula is C25H22BrNO6S. The normalized spacial score (nSPS) is 12.2. The molecule has 9 heteroatoms. The van der Waals surface area contributed by atoms with Gasteiger partial charge in [0.05, 0.1) is 18.2 Å². The molecule has 4 rings (SSSR count). The SMILES string of the molecule is CSCC[C@H](NC(=O)Cc1c(C)c2cc3c(-c4ccc(Br)cc4)coc3cc2oc1=O)C(=O)O. The Kier molecular flexibility index (Phi) is 7.13. The summed E-state index contributed by atoms with van der Waals surface area (Å²) in [5, 5.41) is 13.4. The zero-order chi connectivity index (χ0) is 24.4. The molecule has 176 valence electrons. The molecule has 0 unspecified atom stereocenters. The minimum absolute atomic E-state index is 0.201. The third-order valence-corrected chi connectivity index (χ3v) is 6.89. The van der Waals surface area contributed by atoms with E-state index in [-0.39, 0.29) is 12.0 Å². The molecule has 1 atom stereocenters. The number of benzene rings is 2. The summed E-state index contributed by atoms with van der Waals surface area (Å²) in [6.07, 6.45) is 3.56. The number of fused-ring (bicyclic) bond motifs is 2. The number of thioether (sulfide) groups is 1. The third-order valence-electron chi connectivity index (χ3n) is 5.72. The summed E-state index contributed by atoms with van der Waals surface area (Å²) in [4.78, 5) is 36.7. The van der Waals surface area contributed by atoms with Crippen molar-refractivity contribution < 1.29 is 23.5 Å². The Balaban J connectivity index is 1.71. The van der Waals surface area contributed by atoms with E-state index in [1.165, 1.54) is 11.8 Å². The Labute approximate surface area is 207 Å². The van der Waals surface area contributed by atoms with Crippen molar-refractivity contribution in [2.24, 2.45) is 0 Å². The van der Waals surface area contributed by atoms with E-state index < -0.39 is 23.5 Å². The van der Waals surface area contributed by atoms with Crippen LogP contribution in [0.4, 0.5) is 0 Å². The highest BCUT2D eigenvalue weighted by Crippen LogP contribution is 2.35. The summed E-state index contributed by atoms with van der Waals surface area (Å²) in [7, 11) is 0. The van der Waals surface area contributed by atoms with E-state index in [0.29, 0.717) is 34.3 Å². The quantitative estimate of drug-likeness (QED) is 0.296. The second-order valence-corrected chi connectivity index (χ2v) is 9.81. The summed E-state index contributed by atoms with van der Waals surface area (Å²) in [5.41, 5.74) is 2.99. The van der Waals surface area contributed by atoms with Crippen molar-refractivity contribution in [2.75, 3.05) is 12.0 Å². The van der Waals surface area contributed by atoms with Gasteiger partial charge in [-0.05, 0) is 54.7 Å². The number of aryl methyl sites for hydroxylation is 1. The van der Waals surface area contributed by atoms with Crippen molar-refractivity contribution in [1.29, 1.82) is 0 Å². The van der Waals surface area contributed by atoms with Gasteiger partial charge in [0.2, 0.25) is 5.91 Å². The summed E-state index contributed by atoms with van der Waals surface area (Å²) in [6, 6.07) is 10.4. The molecule has 2 N–H and O–H groups in total. The average molecular weight is 544 g/mol. The number of halogens is 1. The Bertz CT molecular complexity index is 1440. The Morgan fingerprint density at radius 3 is 2.56 bits per heavy atom. The van der Waals surface area contributed by atoms with E-state index in [1.807, 2.05) is 36.6 Å². The van der Waals surface area contributed by atoms with Crippen molar-refractivity contribution in [2.45, 2.75) is 25.8 Å². The molecule has 4 aromatic rings. The molecule has 0 fully saturated rings. The van der Waals surface area contributed by atoms with Gasteiger partial charge in [-0.25, -0.2) is 9.59 Å². The van der Waals surface area contributed by atoms with Crippen LogP contribution in [-0.2, 0) is 16.0 Å². The van der Waals surface area contributed by atoms with Gasteiger partial charge in [0.1, 0.15) is 17.2 Å². The Morgan fingerprint density at radius 1 is 1.15 bits per heavy atom. The number of nitrogens with one attached hydrogen (secondary N) is 1. The van der Waals surface area contributed by atoms with E-state index in [0.717, 1.165) is 21.0 Å². The maximum Gasteiger partial charge on any atom is 0.340 e. The molecule has 0 aliphatic rings. The van der Waals surface area contributed by atoms with Crippen LogP contribution in [0.3, 0.4) is 0 Å². The lowest BCUT2D eigenvalue weighted by molar-refractivity contribution is -0.141. The molecular weight excluding hydrogens is 522 g/mol. The first-order chi connectivity index (χ1) is 16.3. The molecule has 2 heterocycles. The van der Waals surface area contributed by atoms with Gasteiger partial charge in [0.25, 0.3) is 0 Å². The second-order valence-electron chi connectivity index (χ2n) is 7.91. The predicted octanol–water partition coefficient (Wildman–Crippen LogP) is 5.14. The number of carbonyl (C=O) groups excluding carboxylic acids is 1. The van der Waals surface area contributed by atoms with Crippen LogP contribution in [0.1, 0.15) is 17.5 Å². The lowest BCUT2D eigenvalue weighted by Gasteiger charge is -2.14. The average Bonchev–Trinajstić information content (AvgIpc) is 3.21. The molecule has 0 bridgehead atoms. The molecule has 7 nitrogen and oxygen atoms in total. The van der Waals surface area contributed by atoms with E-state index in [4.69, 9.17) is 8.83 Å². The van der Waals surface area contributed by atoms with Crippen LogP contribution in [0.5, 0.6) is 0 Å². The first kappa shape index (κ1) is 24.1. The molecule has 2 aromatic carbocycles. The molecule has 0 saturated heterocycles. The van der Waals surface area contributed by atoms with Crippen molar-refractivity contribution in [1.82, 2.24) is 5.32 Å². The van der Waals surface area contributed by atoms with Crippen LogP contribution < -0.4 is 10.9 Å². The fourth-order valence-corrected chi connectivity index (χ4v) is 4.60. The zero-order valence-corrected chi connectivity index (χ0v) is 20.9. The summed E-state index contributed by atoms with van der Waals surface area (Å²) < 4.78 is 12.2. The van der Waals surface area contributed by atoms with E-state index >= 15 is 0 Å². The second kappa shape index (κ2) is 10.1. The van der Waals surface area contributed by atoms with Gasteiger partial charge in [0, 0.05) is 26.9 Å². The first-order valence-corrected chi connectivity index (χ1v) is 12.7. The number of amides is 1. The number of hydrogen-bond acceptors (Lipinski definition) is 6. The van der Waals surface area contributed by atoms with Crippen molar-refractivity contribution in [3.63, 3.8) is 0 Å². The highest BCUT2D eigenvalue weighted by Gasteiger charge is 2.22. The fourth-order valence-electron chi connectivity index (χ4n) is 3.87. The van der Waals surface area contributed by atoms with Crippen molar-refractivity contribution in [3.8, 4) is 11.1 Å². The number of carboxylic acids is 1. The van der Waals surface area contributed by atoms with E-state index in [9.17, 15) is 19.5 Å². The van der Waals surface area contributed by atoms with Crippen LogP contribution in [0.25, 0.3) is 33.1 Å². The lowest BCUT2D eigenvalue weighted by Crippen LogP contribution is -2.42. The Hall–Kier alpha value is -3.04. The topological polar surface area (TPSA) is 110 Å². The van der Waals surface area contributed by atoms with Crippen LogP contribution in [0, 0.1) is 6.92 Å².